The van der Waals surface area contributed by atoms with Crippen LogP contribution < -0.4 is 10.1 Å². The van der Waals surface area contributed by atoms with E-state index >= 15 is 0 Å². The Morgan fingerprint density at radius 2 is 2.18 bits per heavy atom. The van der Waals surface area contributed by atoms with Crippen LogP contribution in [0, 0.1) is 6.92 Å². The van der Waals surface area contributed by atoms with Gasteiger partial charge in [0, 0.05) is 12.5 Å². The lowest BCUT2D eigenvalue weighted by molar-refractivity contribution is -0.117. The second kappa shape index (κ2) is 6.40. The molecule has 1 N–H and O–H groups in total. The van der Waals surface area contributed by atoms with E-state index in [1.54, 1.807) is 14.0 Å². The van der Waals surface area contributed by atoms with E-state index in [1.807, 2.05) is 26.1 Å². The van der Waals surface area contributed by atoms with Gasteiger partial charge in [0.15, 0.2) is 0 Å². The van der Waals surface area contributed by atoms with Crippen molar-refractivity contribution in [3.8, 4) is 5.75 Å². The fourth-order valence-corrected chi connectivity index (χ4v) is 1.94. The molecule has 0 fully saturated rings. The van der Waals surface area contributed by atoms with Crippen LogP contribution in [0.15, 0.2) is 18.2 Å². The first-order valence-electron chi connectivity index (χ1n) is 5.89. The maximum absolute atomic E-state index is 11.0. The highest BCUT2D eigenvalue weighted by molar-refractivity contribution is 5.75. The number of hydrogen-bond donors (Lipinski definition) is 1. The van der Waals surface area contributed by atoms with Crippen molar-refractivity contribution < 1.29 is 9.53 Å². The molecule has 1 aromatic carbocycles. The number of aryl methyl sites for hydroxylation is 1. The van der Waals surface area contributed by atoms with Crippen LogP contribution in [0.25, 0.3) is 0 Å². The number of benzene rings is 1. The Balaban J connectivity index is 2.81. The molecule has 0 aliphatic heterocycles. The third-order valence-corrected chi connectivity index (χ3v) is 2.95. The molecule has 0 saturated carbocycles. The van der Waals surface area contributed by atoms with E-state index in [4.69, 9.17) is 4.74 Å². The zero-order valence-electron chi connectivity index (χ0n) is 11.0. The minimum absolute atomic E-state index is 0.225. The Bertz CT molecular complexity index is 388. The molecule has 0 aromatic heterocycles. The maximum atomic E-state index is 11.0. The monoisotopic (exact) mass is 235 g/mol. The van der Waals surface area contributed by atoms with Gasteiger partial charge in [-0.25, -0.2) is 0 Å². The number of nitrogens with one attached hydrogen (secondary N) is 1. The second-order valence-corrected chi connectivity index (χ2v) is 4.31. The van der Waals surface area contributed by atoms with Gasteiger partial charge in [-0.15, -0.1) is 0 Å². The lowest BCUT2D eigenvalue weighted by Gasteiger charge is -2.17. The topological polar surface area (TPSA) is 38.3 Å². The van der Waals surface area contributed by atoms with E-state index in [9.17, 15) is 4.79 Å². The van der Waals surface area contributed by atoms with Crippen molar-refractivity contribution in [2.24, 2.45) is 0 Å². The van der Waals surface area contributed by atoms with Gasteiger partial charge in [0.25, 0.3) is 0 Å². The standard InChI is InChI=1S/C14H21NO2/c1-10-9-12(6-8-14(10)17-4)13(15-3)7-5-11(2)16/h6,8-9,13,15H,5,7H2,1-4H3. The Hall–Kier alpha value is -1.35. The van der Waals surface area contributed by atoms with Crippen molar-refractivity contribution in [2.45, 2.75) is 32.7 Å². The van der Waals surface area contributed by atoms with Crippen LogP contribution in [0.3, 0.4) is 0 Å². The lowest BCUT2D eigenvalue weighted by atomic mass is 9.99. The van der Waals surface area contributed by atoms with Crippen molar-refractivity contribution in [2.75, 3.05) is 14.2 Å². The molecular weight excluding hydrogens is 214 g/mol. The number of hydrogen-bond acceptors (Lipinski definition) is 3. The number of ether oxygens (including phenoxy) is 1. The third-order valence-electron chi connectivity index (χ3n) is 2.95. The zero-order valence-corrected chi connectivity index (χ0v) is 11.0. The average Bonchev–Trinajstić information content (AvgIpc) is 2.29. The number of ketones is 1. The predicted molar refractivity (Wildman–Crippen MR) is 69.4 cm³/mol. The molecule has 0 radical (unpaired) electrons. The molecule has 0 bridgehead atoms. The zero-order chi connectivity index (χ0) is 12.8. The normalized spacial score (nSPS) is 12.2. The molecule has 3 heteroatoms. The van der Waals surface area contributed by atoms with Gasteiger partial charge in [-0.1, -0.05) is 12.1 Å². The van der Waals surface area contributed by atoms with Crippen molar-refractivity contribution in [1.82, 2.24) is 5.32 Å². The van der Waals surface area contributed by atoms with Crippen LogP contribution >= 0.6 is 0 Å². The molecule has 94 valence electrons. The van der Waals surface area contributed by atoms with Gasteiger partial charge in [-0.3, -0.25) is 0 Å². The summed E-state index contributed by atoms with van der Waals surface area (Å²) in [6.45, 7) is 3.66. The molecule has 3 nitrogen and oxygen atoms in total. The summed E-state index contributed by atoms with van der Waals surface area (Å²) in [6.07, 6.45) is 1.44. The molecule has 1 atom stereocenters. The van der Waals surface area contributed by atoms with Crippen LogP contribution in [0.4, 0.5) is 0 Å². The van der Waals surface area contributed by atoms with E-state index in [0.717, 1.165) is 17.7 Å². The van der Waals surface area contributed by atoms with Crippen molar-refractivity contribution in [3.05, 3.63) is 29.3 Å². The van der Waals surface area contributed by atoms with Crippen molar-refractivity contribution >= 4 is 5.78 Å². The highest BCUT2D eigenvalue weighted by atomic mass is 16.5. The molecule has 1 unspecified atom stereocenters. The summed E-state index contributed by atoms with van der Waals surface area (Å²) in [4.78, 5) is 11.0. The first-order chi connectivity index (χ1) is 8.08. The summed E-state index contributed by atoms with van der Waals surface area (Å²) >= 11 is 0. The van der Waals surface area contributed by atoms with Gasteiger partial charge < -0.3 is 14.8 Å². The number of carbonyl (C=O) groups excluding carboxylic acids is 1. The molecule has 0 saturated heterocycles. The molecule has 1 rings (SSSR count). The van der Waals surface area contributed by atoms with Crippen LogP contribution in [-0.4, -0.2) is 19.9 Å². The minimum atomic E-state index is 0.225. The Kier molecular flexibility index (Phi) is 5.16. The van der Waals surface area contributed by atoms with Gasteiger partial charge >= 0.3 is 0 Å². The van der Waals surface area contributed by atoms with E-state index in [0.29, 0.717) is 6.42 Å². The molecule has 1 aromatic rings. The summed E-state index contributed by atoms with van der Waals surface area (Å²) < 4.78 is 5.24. The molecule has 0 spiro atoms. The highest BCUT2D eigenvalue weighted by Gasteiger charge is 2.11. The fraction of sp³-hybridized carbons (Fsp3) is 0.500. The second-order valence-electron chi connectivity index (χ2n) is 4.31. The number of Topliss-reactive ketones (excluding diaryl/α,β-unsaturated/α-hetero) is 1. The third kappa shape index (κ3) is 3.86. The van der Waals surface area contributed by atoms with Gasteiger partial charge in [0.1, 0.15) is 11.5 Å². The van der Waals surface area contributed by atoms with Gasteiger partial charge in [0.2, 0.25) is 0 Å². The Morgan fingerprint density at radius 1 is 1.47 bits per heavy atom. The minimum Gasteiger partial charge on any atom is -0.496 e. The molecule has 0 aliphatic rings. The number of carbonyl (C=O) groups is 1. The Labute approximate surface area is 103 Å². The van der Waals surface area contributed by atoms with E-state index in [1.165, 1.54) is 5.56 Å². The van der Waals surface area contributed by atoms with Crippen LogP contribution in [0.2, 0.25) is 0 Å². The van der Waals surface area contributed by atoms with Gasteiger partial charge in [-0.05, 0) is 44.5 Å². The molecule has 0 aliphatic carbocycles. The molecule has 0 amide bonds. The van der Waals surface area contributed by atoms with Crippen LogP contribution in [0.1, 0.15) is 36.9 Å². The molecular formula is C14H21NO2. The number of methoxy groups -OCH3 is 1. The highest BCUT2D eigenvalue weighted by Crippen LogP contribution is 2.24. The van der Waals surface area contributed by atoms with Gasteiger partial charge in [0.05, 0.1) is 7.11 Å². The van der Waals surface area contributed by atoms with Crippen LogP contribution in [0.5, 0.6) is 5.75 Å². The van der Waals surface area contributed by atoms with E-state index in [-0.39, 0.29) is 11.8 Å². The summed E-state index contributed by atoms with van der Waals surface area (Å²) in [5, 5.41) is 3.25. The molecule has 17 heavy (non-hydrogen) atoms. The summed E-state index contributed by atoms with van der Waals surface area (Å²) in [5.74, 6) is 1.13. The maximum Gasteiger partial charge on any atom is 0.129 e. The largest absolute Gasteiger partial charge is 0.496 e. The lowest BCUT2D eigenvalue weighted by Crippen LogP contribution is -2.17. The van der Waals surface area contributed by atoms with Crippen molar-refractivity contribution in [1.29, 1.82) is 0 Å². The van der Waals surface area contributed by atoms with Crippen LogP contribution in [-0.2, 0) is 4.79 Å². The average molecular weight is 235 g/mol. The smallest absolute Gasteiger partial charge is 0.129 e. The first kappa shape index (κ1) is 13.7. The summed E-state index contributed by atoms with van der Waals surface area (Å²) in [7, 11) is 3.59. The molecule has 0 heterocycles. The predicted octanol–water partition coefficient (Wildman–Crippen LogP) is 2.63. The van der Waals surface area contributed by atoms with E-state index in [2.05, 4.69) is 11.4 Å². The Morgan fingerprint density at radius 3 is 2.65 bits per heavy atom. The summed E-state index contributed by atoms with van der Waals surface area (Å²) in [6, 6.07) is 6.36. The first-order valence-corrected chi connectivity index (χ1v) is 5.89. The fourth-order valence-electron chi connectivity index (χ4n) is 1.94. The van der Waals surface area contributed by atoms with Crippen molar-refractivity contribution in [3.63, 3.8) is 0 Å². The number of rotatable bonds is 6. The quantitative estimate of drug-likeness (QED) is 0.823. The van der Waals surface area contributed by atoms with E-state index < -0.39 is 0 Å². The van der Waals surface area contributed by atoms with Gasteiger partial charge in [-0.2, -0.15) is 0 Å². The SMILES string of the molecule is CNC(CCC(C)=O)c1ccc(OC)c(C)c1. The summed E-state index contributed by atoms with van der Waals surface area (Å²) in [5.41, 5.74) is 2.32.